The van der Waals surface area contributed by atoms with Gasteiger partial charge in [0.2, 0.25) is 0 Å². The number of hydrogen-bond acceptors (Lipinski definition) is 7. The minimum atomic E-state index is -0.853. The molecule has 0 aromatic heterocycles. The van der Waals surface area contributed by atoms with Crippen LogP contribution in [0, 0.1) is 6.92 Å². The molecule has 45 heavy (non-hydrogen) atoms. The van der Waals surface area contributed by atoms with Crippen molar-refractivity contribution in [2.45, 2.75) is 27.1 Å². The normalized spacial score (nSPS) is 13.9. The van der Waals surface area contributed by atoms with Gasteiger partial charge in [-0.25, -0.2) is 9.69 Å². The van der Waals surface area contributed by atoms with Crippen molar-refractivity contribution in [3.63, 3.8) is 0 Å². The molecular formula is C35H31ClN2O7. The average molecular weight is 627 g/mol. The zero-order valence-corrected chi connectivity index (χ0v) is 25.7. The van der Waals surface area contributed by atoms with Crippen molar-refractivity contribution in [2.75, 3.05) is 18.6 Å². The molecule has 0 atom stereocenters. The quantitative estimate of drug-likeness (QED) is 0.143. The molecule has 1 fully saturated rings. The summed E-state index contributed by atoms with van der Waals surface area (Å²) in [5.41, 5.74) is 3.21. The van der Waals surface area contributed by atoms with Crippen LogP contribution in [0.5, 0.6) is 23.0 Å². The molecule has 4 aromatic carbocycles. The molecule has 1 saturated heterocycles. The van der Waals surface area contributed by atoms with E-state index in [0.29, 0.717) is 46.8 Å². The Morgan fingerprint density at radius 2 is 1.49 bits per heavy atom. The summed E-state index contributed by atoms with van der Waals surface area (Å²) in [5, 5.41) is 2.61. The Morgan fingerprint density at radius 3 is 2.20 bits per heavy atom. The molecule has 1 aliphatic heterocycles. The predicted molar refractivity (Wildman–Crippen MR) is 171 cm³/mol. The number of halogens is 1. The van der Waals surface area contributed by atoms with Gasteiger partial charge in [-0.3, -0.25) is 14.9 Å². The molecule has 0 spiro atoms. The van der Waals surface area contributed by atoms with Gasteiger partial charge in [0, 0.05) is 5.02 Å². The number of carbonyl (C=O) groups is 3. The van der Waals surface area contributed by atoms with E-state index in [-0.39, 0.29) is 17.9 Å². The lowest BCUT2D eigenvalue weighted by molar-refractivity contribution is -0.122. The summed E-state index contributed by atoms with van der Waals surface area (Å²) in [6.07, 6.45) is 1.40. The molecule has 9 nitrogen and oxygen atoms in total. The molecule has 0 saturated carbocycles. The van der Waals surface area contributed by atoms with Crippen molar-refractivity contribution in [3.05, 3.63) is 118 Å². The molecule has 4 amide bonds. The average Bonchev–Trinajstić information content (AvgIpc) is 3.04. The lowest BCUT2D eigenvalue weighted by Crippen LogP contribution is -2.54. The third-order valence-electron chi connectivity index (χ3n) is 6.95. The van der Waals surface area contributed by atoms with Crippen molar-refractivity contribution in [1.29, 1.82) is 0 Å². The Hall–Kier alpha value is -5.28. The number of ether oxygens (including phenoxy) is 4. The Bertz CT molecular complexity index is 1770. The van der Waals surface area contributed by atoms with Gasteiger partial charge in [-0.2, -0.15) is 0 Å². The highest BCUT2D eigenvalue weighted by Crippen LogP contribution is 2.33. The fourth-order valence-corrected chi connectivity index (χ4v) is 4.77. The van der Waals surface area contributed by atoms with Gasteiger partial charge in [-0.15, -0.1) is 0 Å². The largest absolute Gasteiger partial charge is 0.493 e. The summed E-state index contributed by atoms with van der Waals surface area (Å²) in [7, 11) is 1.58. The lowest BCUT2D eigenvalue weighted by atomic mass is 10.1. The van der Waals surface area contributed by atoms with Crippen LogP contribution in [-0.4, -0.2) is 31.6 Å². The summed E-state index contributed by atoms with van der Waals surface area (Å²) in [4.78, 5) is 39.5. The van der Waals surface area contributed by atoms with Gasteiger partial charge >= 0.3 is 6.03 Å². The standard InChI is InChI=1S/C35H31ClN2O7/c1-4-43-32-17-24(16-27-33(39)37-35(41)38(34(27)40)26-13-10-22(2)28(36)19-26)11-14-30(32)45-21-25-12-15-29(31(18-25)42-3)44-20-23-8-6-5-7-9-23/h5-19H,4,20-21H2,1-3H3,(H,37,39,41)/b27-16+. The number of anilines is 1. The van der Waals surface area contributed by atoms with Crippen LogP contribution in [0.25, 0.3) is 6.08 Å². The van der Waals surface area contributed by atoms with Gasteiger partial charge in [-0.1, -0.05) is 60.1 Å². The van der Waals surface area contributed by atoms with Crippen LogP contribution in [0.1, 0.15) is 29.2 Å². The first-order chi connectivity index (χ1) is 21.8. The number of hydrogen-bond donors (Lipinski definition) is 1. The molecule has 0 radical (unpaired) electrons. The van der Waals surface area contributed by atoms with Crippen molar-refractivity contribution in [1.82, 2.24) is 5.32 Å². The van der Waals surface area contributed by atoms with Gasteiger partial charge < -0.3 is 18.9 Å². The van der Waals surface area contributed by atoms with E-state index in [1.54, 1.807) is 44.4 Å². The summed E-state index contributed by atoms with van der Waals surface area (Å²) in [6, 6.07) is 24.4. The van der Waals surface area contributed by atoms with Crippen LogP contribution in [0.15, 0.2) is 90.5 Å². The number of amides is 4. The molecule has 0 unspecified atom stereocenters. The Kier molecular flexibility index (Phi) is 9.70. The second-order valence-electron chi connectivity index (χ2n) is 10.1. The molecule has 1 aliphatic rings. The number of nitrogens with zero attached hydrogens (tertiary/aromatic N) is 1. The number of barbiturate groups is 1. The molecule has 0 bridgehead atoms. The number of aryl methyl sites for hydroxylation is 1. The van der Waals surface area contributed by atoms with Crippen LogP contribution in [0.3, 0.4) is 0 Å². The monoisotopic (exact) mass is 626 g/mol. The number of urea groups is 1. The number of rotatable bonds is 11. The van der Waals surface area contributed by atoms with E-state index in [4.69, 9.17) is 30.5 Å². The molecule has 1 heterocycles. The third kappa shape index (κ3) is 7.27. The van der Waals surface area contributed by atoms with E-state index < -0.39 is 17.8 Å². The van der Waals surface area contributed by atoms with Crippen LogP contribution >= 0.6 is 11.6 Å². The van der Waals surface area contributed by atoms with Crippen LogP contribution < -0.4 is 29.2 Å². The van der Waals surface area contributed by atoms with Gasteiger partial charge in [0.1, 0.15) is 18.8 Å². The smallest absolute Gasteiger partial charge is 0.335 e. The maximum absolute atomic E-state index is 13.3. The molecule has 1 N–H and O–H groups in total. The van der Waals surface area contributed by atoms with Gasteiger partial charge in [0.15, 0.2) is 23.0 Å². The molecule has 230 valence electrons. The number of methoxy groups -OCH3 is 1. The zero-order valence-electron chi connectivity index (χ0n) is 25.0. The highest BCUT2D eigenvalue weighted by Gasteiger charge is 2.37. The highest BCUT2D eigenvalue weighted by molar-refractivity contribution is 6.39. The summed E-state index contributed by atoms with van der Waals surface area (Å²) in [5.74, 6) is 0.505. The van der Waals surface area contributed by atoms with E-state index in [1.165, 1.54) is 12.1 Å². The fourth-order valence-electron chi connectivity index (χ4n) is 4.60. The zero-order chi connectivity index (χ0) is 31.9. The summed E-state index contributed by atoms with van der Waals surface area (Å²) >= 11 is 6.22. The summed E-state index contributed by atoms with van der Waals surface area (Å²) in [6.45, 7) is 4.62. The first-order valence-electron chi connectivity index (χ1n) is 14.2. The number of imide groups is 2. The van der Waals surface area contributed by atoms with Crippen LogP contribution in [-0.2, 0) is 22.8 Å². The van der Waals surface area contributed by atoms with Crippen LogP contribution in [0.4, 0.5) is 10.5 Å². The fraction of sp³-hybridized carbons (Fsp3) is 0.171. The van der Waals surface area contributed by atoms with E-state index in [9.17, 15) is 14.4 Å². The van der Waals surface area contributed by atoms with E-state index in [1.807, 2.05) is 55.5 Å². The van der Waals surface area contributed by atoms with E-state index in [0.717, 1.165) is 21.6 Å². The number of carbonyl (C=O) groups excluding carboxylic acids is 3. The van der Waals surface area contributed by atoms with Gasteiger partial charge in [0.05, 0.1) is 19.4 Å². The molecular weight excluding hydrogens is 596 g/mol. The van der Waals surface area contributed by atoms with Crippen LogP contribution in [0.2, 0.25) is 5.02 Å². The SMILES string of the molecule is CCOc1cc(/C=C2\C(=O)NC(=O)N(c3ccc(C)c(Cl)c3)C2=O)ccc1OCc1ccc(OCc2ccccc2)c(OC)c1. The number of nitrogens with one attached hydrogen (secondary N) is 1. The molecule has 10 heteroatoms. The van der Waals surface area contributed by atoms with Crippen molar-refractivity contribution >= 4 is 41.2 Å². The minimum Gasteiger partial charge on any atom is -0.493 e. The van der Waals surface area contributed by atoms with Gasteiger partial charge in [0.25, 0.3) is 11.8 Å². The topological polar surface area (TPSA) is 103 Å². The molecule has 4 aromatic rings. The molecule has 5 rings (SSSR count). The Morgan fingerprint density at radius 1 is 0.778 bits per heavy atom. The maximum Gasteiger partial charge on any atom is 0.335 e. The van der Waals surface area contributed by atoms with Crippen molar-refractivity contribution < 1.29 is 33.3 Å². The van der Waals surface area contributed by atoms with E-state index in [2.05, 4.69) is 5.32 Å². The van der Waals surface area contributed by atoms with Crippen molar-refractivity contribution in [2.24, 2.45) is 0 Å². The third-order valence-corrected chi connectivity index (χ3v) is 7.36. The summed E-state index contributed by atoms with van der Waals surface area (Å²) < 4.78 is 23.4. The van der Waals surface area contributed by atoms with E-state index >= 15 is 0 Å². The second-order valence-corrected chi connectivity index (χ2v) is 10.5. The maximum atomic E-state index is 13.3. The van der Waals surface area contributed by atoms with Gasteiger partial charge in [-0.05, 0) is 78.6 Å². The predicted octanol–water partition coefficient (Wildman–Crippen LogP) is 6.88. The van der Waals surface area contributed by atoms with Crippen molar-refractivity contribution in [3.8, 4) is 23.0 Å². The minimum absolute atomic E-state index is 0.215. The first kappa shape index (κ1) is 31.2. The molecule has 0 aliphatic carbocycles. The second kappa shape index (κ2) is 14.0. The highest BCUT2D eigenvalue weighted by atomic mass is 35.5. The Balaban J connectivity index is 1.32. The lowest BCUT2D eigenvalue weighted by Gasteiger charge is -2.26. The Labute approximate surface area is 265 Å². The first-order valence-corrected chi connectivity index (χ1v) is 14.6. The number of benzene rings is 4.